The van der Waals surface area contributed by atoms with Gasteiger partial charge in [0.15, 0.2) is 0 Å². The number of pyridine rings is 1. The Bertz CT molecular complexity index is 1070. The van der Waals surface area contributed by atoms with Crippen molar-refractivity contribution in [1.82, 2.24) is 25.2 Å². The maximum Gasteiger partial charge on any atom is 0.274 e. The minimum Gasteiger partial charge on any atom is -0.353 e. The number of nitrogens with zero attached hydrogens (tertiary/aromatic N) is 4. The average Bonchev–Trinajstić information content (AvgIpc) is 3.25. The van der Waals surface area contributed by atoms with E-state index in [0.29, 0.717) is 31.6 Å². The molecule has 1 N–H and O–H groups in total. The molecule has 2 aromatic heterocycles. The second kappa shape index (κ2) is 9.26. The van der Waals surface area contributed by atoms with E-state index in [-0.39, 0.29) is 17.9 Å². The van der Waals surface area contributed by atoms with Gasteiger partial charge in [-0.3, -0.25) is 19.6 Å². The van der Waals surface area contributed by atoms with Crippen LogP contribution in [0.3, 0.4) is 0 Å². The highest BCUT2D eigenvalue weighted by molar-refractivity contribution is 5.93. The fourth-order valence-electron chi connectivity index (χ4n) is 4.18. The zero-order valence-electron chi connectivity index (χ0n) is 18.4. The number of likely N-dealkylation sites (tertiary alicyclic amines) is 1. The average molecular weight is 430 g/mol. The maximum atomic E-state index is 13.3. The lowest BCUT2D eigenvalue weighted by molar-refractivity contribution is -0.130. The van der Waals surface area contributed by atoms with Crippen LogP contribution in [0.25, 0.3) is 11.1 Å². The van der Waals surface area contributed by atoms with E-state index < -0.39 is 5.41 Å². The van der Waals surface area contributed by atoms with Gasteiger partial charge in [0.1, 0.15) is 5.69 Å². The van der Waals surface area contributed by atoms with Crippen molar-refractivity contribution in [2.75, 3.05) is 13.1 Å². The molecule has 0 aliphatic carbocycles. The van der Waals surface area contributed by atoms with E-state index in [2.05, 4.69) is 44.5 Å². The third-order valence-corrected chi connectivity index (χ3v) is 5.82. The van der Waals surface area contributed by atoms with Crippen LogP contribution in [0.5, 0.6) is 0 Å². The van der Waals surface area contributed by atoms with Crippen LogP contribution in [0.4, 0.5) is 0 Å². The smallest absolute Gasteiger partial charge is 0.274 e. The Kier molecular flexibility index (Phi) is 6.25. The summed E-state index contributed by atoms with van der Waals surface area (Å²) in [5.41, 5.74) is 2.80. The highest BCUT2D eigenvalue weighted by Crippen LogP contribution is 2.36. The Morgan fingerprint density at radius 3 is 2.47 bits per heavy atom. The number of carbonyl (C=O) groups excluding carboxylic acids is 2. The number of nitrogens with one attached hydrogen (secondary N) is 1. The fraction of sp³-hybridized carbons (Fsp3) is 0.320. The Morgan fingerprint density at radius 1 is 1.03 bits per heavy atom. The van der Waals surface area contributed by atoms with E-state index in [1.54, 1.807) is 11.1 Å². The summed E-state index contributed by atoms with van der Waals surface area (Å²) in [6, 6.07) is 12.2. The van der Waals surface area contributed by atoms with Gasteiger partial charge >= 0.3 is 0 Å². The van der Waals surface area contributed by atoms with Gasteiger partial charge in [-0.1, -0.05) is 30.3 Å². The molecule has 7 heteroatoms. The van der Waals surface area contributed by atoms with Crippen LogP contribution in [0, 0.1) is 5.41 Å². The van der Waals surface area contributed by atoms with Crippen molar-refractivity contribution in [1.29, 1.82) is 0 Å². The fourth-order valence-corrected chi connectivity index (χ4v) is 4.18. The van der Waals surface area contributed by atoms with Crippen molar-refractivity contribution in [3.63, 3.8) is 0 Å². The van der Waals surface area contributed by atoms with Gasteiger partial charge in [-0.15, -0.1) is 0 Å². The summed E-state index contributed by atoms with van der Waals surface area (Å²) < 4.78 is 0. The molecule has 1 saturated heterocycles. The first-order valence-corrected chi connectivity index (χ1v) is 10.8. The van der Waals surface area contributed by atoms with Gasteiger partial charge in [0, 0.05) is 43.9 Å². The van der Waals surface area contributed by atoms with Crippen LogP contribution in [-0.4, -0.2) is 50.8 Å². The summed E-state index contributed by atoms with van der Waals surface area (Å²) >= 11 is 0. The van der Waals surface area contributed by atoms with E-state index >= 15 is 0 Å². The monoisotopic (exact) mass is 429 g/mol. The second-order valence-corrected chi connectivity index (χ2v) is 8.59. The van der Waals surface area contributed by atoms with Crippen LogP contribution in [-0.2, 0) is 11.2 Å². The summed E-state index contributed by atoms with van der Waals surface area (Å²) in [5, 5.41) is 3.07. The Labute approximate surface area is 187 Å². The molecule has 1 aliphatic heterocycles. The van der Waals surface area contributed by atoms with E-state index in [1.807, 2.05) is 32.2 Å². The molecule has 0 bridgehead atoms. The van der Waals surface area contributed by atoms with Gasteiger partial charge in [-0.2, -0.15) is 0 Å². The Morgan fingerprint density at radius 2 is 1.81 bits per heavy atom. The molecule has 0 saturated carbocycles. The van der Waals surface area contributed by atoms with Gasteiger partial charge in [0.05, 0.1) is 11.6 Å². The molecule has 3 heterocycles. The Balaban J connectivity index is 1.56. The van der Waals surface area contributed by atoms with E-state index in [9.17, 15) is 9.59 Å². The highest BCUT2D eigenvalue weighted by atomic mass is 16.2. The first kappa shape index (κ1) is 21.6. The molecule has 0 unspecified atom stereocenters. The van der Waals surface area contributed by atoms with Crippen molar-refractivity contribution in [2.24, 2.45) is 5.41 Å². The van der Waals surface area contributed by atoms with Crippen LogP contribution >= 0.6 is 0 Å². The molecule has 1 atom stereocenters. The predicted molar refractivity (Wildman–Crippen MR) is 122 cm³/mol. The van der Waals surface area contributed by atoms with Gasteiger partial charge in [0.25, 0.3) is 5.91 Å². The van der Waals surface area contributed by atoms with Gasteiger partial charge in [-0.05, 0) is 49.4 Å². The van der Waals surface area contributed by atoms with Gasteiger partial charge in [-0.25, -0.2) is 4.98 Å². The minimum absolute atomic E-state index is 0.0155. The summed E-state index contributed by atoms with van der Waals surface area (Å²) in [5.74, 6) is -0.206. The lowest BCUT2D eigenvalue weighted by Crippen LogP contribution is -2.47. The number of carbonyl (C=O) groups is 2. The molecule has 3 aromatic rings. The first-order chi connectivity index (χ1) is 15.5. The second-order valence-electron chi connectivity index (χ2n) is 8.59. The number of rotatable bonds is 6. The summed E-state index contributed by atoms with van der Waals surface area (Å²) in [6.45, 7) is 4.76. The summed E-state index contributed by atoms with van der Waals surface area (Å²) in [6.07, 6.45) is 9.25. The molecule has 2 amide bonds. The largest absolute Gasteiger partial charge is 0.353 e. The van der Waals surface area contributed by atoms with Crippen molar-refractivity contribution >= 4 is 11.8 Å². The van der Waals surface area contributed by atoms with Gasteiger partial charge < -0.3 is 10.2 Å². The summed E-state index contributed by atoms with van der Waals surface area (Å²) in [4.78, 5) is 40.2. The SMILES string of the molecule is CC(C)NC(=O)[C@]1(Cc2ccc(-c3cccnc3)cc2)CCN(C(=O)c2cnccn2)C1. The van der Waals surface area contributed by atoms with Crippen LogP contribution in [0.2, 0.25) is 0 Å². The predicted octanol–water partition coefficient (Wildman–Crippen LogP) is 3.14. The Hall–Kier alpha value is -3.61. The maximum absolute atomic E-state index is 13.3. The number of hydrogen-bond donors (Lipinski definition) is 1. The van der Waals surface area contributed by atoms with E-state index in [0.717, 1.165) is 16.7 Å². The molecule has 7 nitrogen and oxygen atoms in total. The quantitative estimate of drug-likeness (QED) is 0.650. The first-order valence-electron chi connectivity index (χ1n) is 10.8. The van der Waals surface area contributed by atoms with Crippen molar-refractivity contribution in [3.8, 4) is 11.1 Å². The molecular weight excluding hydrogens is 402 g/mol. The highest BCUT2D eigenvalue weighted by Gasteiger charge is 2.46. The zero-order chi connectivity index (χ0) is 22.6. The minimum atomic E-state index is -0.683. The topological polar surface area (TPSA) is 88.1 Å². The lowest BCUT2D eigenvalue weighted by atomic mass is 9.79. The zero-order valence-corrected chi connectivity index (χ0v) is 18.4. The molecule has 1 fully saturated rings. The van der Waals surface area contributed by atoms with Crippen LogP contribution in [0.15, 0.2) is 67.4 Å². The molecule has 0 spiro atoms. The third kappa shape index (κ3) is 4.66. The van der Waals surface area contributed by atoms with Crippen LogP contribution < -0.4 is 5.32 Å². The van der Waals surface area contributed by atoms with Crippen molar-refractivity contribution in [3.05, 3.63) is 78.6 Å². The molecule has 4 rings (SSSR count). The number of amides is 2. The number of hydrogen-bond acceptors (Lipinski definition) is 5. The molecule has 1 aromatic carbocycles. The molecule has 164 valence electrons. The van der Waals surface area contributed by atoms with Gasteiger partial charge in [0.2, 0.25) is 5.91 Å². The molecule has 0 radical (unpaired) electrons. The molecular formula is C25H27N5O2. The normalized spacial score (nSPS) is 18.0. The molecule has 1 aliphatic rings. The van der Waals surface area contributed by atoms with Crippen molar-refractivity contribution < 1.29 is 9.59 Å². The standard InChI is InChI=1S/C25H27N5O2/c1-18(2)29-24(32)25(9-13-30(17-25)23(31)22-16-27-11-12-28-22)14-19-5-7-20(8-6-19)21-4-3-10-26-15-21/h3-8,10-12,15-16,18H,9,13-14,17H2,1-2H3,(H,29,32)/t25-/m0/s1. The summed E-state index contributed by atoms with van der Waals surface area (Å²) in [7, 11) is 0. The van der Waals surface area contributed by atoms with Crippen molar-refractivity contribution in [2.45, 2.75) is 32.7 Å². The molecule has 32 heavy (non-hydrogen) atoms. The lowest BCUT2D eigenvalue weighted by Gasteiger charge is -2.29. The number of aromatic nitrogens is 3. The van der Waals surface area contributed by atoms with E-state index in [1.165, 1.54) is 18.6 Å². The third-order valence-electron chi connectivity index (χ3n) is 5.82. The van der Waals surface area contributed by atoms with E-state index in [4.69, 9.17) is 0 Å². The number of benzene rings is 1. The van der Waals surface area contributed by atoms with Crippen LogP contribution in [0.1, 0.15) is 36.3 Å².